The zero-order valence-corrected chi connectivity index (χ0v) is 11.0. The average Bonchev–Trinajstić information content (AvgIpc) is 2.38. The molecule has 1 heterocycles. The Kier molecular flexibility index (Phi) is 4.04. The van der Waals surface area contributed by atoms with E-state index in [0.717, 1.165) is 5.56 Å². The Hall–Kier alpha value is -1.23. The van der Waals surface area contributed by atoms with Gasteiger partial charge in [0.1, 0.15) is 0 Å². The number of hydrogen-bond donors (Lipinski definition) is 1. The minimum absolute atomic E-state index is 0.134. The van der Waals surface area contributed by atoms with Crippen LogP contribution in [0.15, 0.2) is 24.3 Å². The number of anilines is 1. The number of nitrogen functional groups attached to an aromatic ring is 1. The van der Waals surface area contributed by atoms with Gasteiger partial charge in [-0.3, -0.25) is 4.90 Å². The average molecular weight is 272 g/mol. The van der Waals surface area contributed by atoms with Crippen molar-refractivity contribution in [3.8, 4) is 0 Å². The molecule has 1 saturated heterocycles. The number of rotatable bonds is 2. The third-order valence-corrected chi connectivity index (χ3v) is 3.96. The van der Waals surface area contributed by atoms with Crippen LogP contribution in [0.1, 0.15) is 31.4 Å². The summed E-state index contributed by atoms with van der Waals surface area (Å²) in [6, 6.07) is 7.67. The second-order valence-electron chi connectivity index (χ2n) is 5.19. The van der Waals surface area contributed by atoms with Crippen molar-refractivity contribution in [2.75, 3.05) is 18.8 Å². The smallest absolute Gasteiger partial charge is 0.391 e. The number of alkyl halides is 3. The standard InChI is InChI=1S/C14H19F3N2/c1-10(11-2-4-13(18)5-3-11)19-8-6-12(7-9-19)14(15,16)17/h2-5,10,12H,6-9,18H2,1H3. The monoisotopic (exact) mass is 272 g/mol. The summed E-state index contributed by atoms with van der Waals surface area (Å²) in [4.78, 5) is 2.10. The zero-order valence-electron chi connectivity index (χ0n) is 11.0. The maximum Gasteiger partial charge on any atom is 0.391 e. The van der Waals surface area contributed by atoms with Crippen molar-refractivity contribution >= 4 is 5.69 Å². The molecule has 19 heavy (non-hydrogen) atoms. The summed E-state index contributed by atoms with van der Waals surface area (Å²) < 4.78 is 37.8. The molecule has 106 valence electrons. The molecule has 0 amide bonds. The number of likely N-dealkylation sites (tertiary alicyclic amines) is 1. The largest absolute Gasteiger partial charge is 0.399 e. The van der Waals surface area contributed by atoms with Crippen LogP contribution < -0.4 is 5.73 Å². The molecule has 1 aliphatic heterocycles. The van der Waals surface area contributed by atoms with Crippen LogP contribution in [-0.4, -0.2) is 24.2 Å². The molecule has 0 spiro atoms. The summed E-state index contributed by atoms with van der Waals surface area (Å²) in [5.41, 5.74) is 7.43. The Balaban J connectivity index is 1.96. The first-order valence-corrected chi connectivity index (χ1v) is 6.54. The number of nitrogens with zero attached hydrogens (tertiary/aromatic N) is 1. The molecule has 0 saturated carbocycles. The summed E-state index contributed by atoms with van der Waals surface area (Å²) >= 11 is 0. The van der Waals surface area contributed by atoms with Crippen molar-refractivity contribution in [1.29, 1.82) is 0 Å². The molecule has 0 bridgehead atoms. The Morgan fingerprint density at radius 3 is 2.16 bits per heavy atom. The van der Waals surface area contributed by atoms with E-state index in [0.29, 0.717) is 18.8 Å². The molecule has 2 nitrogen and oxygen atoms in total. The Morgan fingerprint density at radius 2 is 1.68 bits per heavy atom. The van der Waals surface area contributed by atoms with Crippen molar-refractivity contribution < 1.29 is 13.2 Å². The third kappa shape index (κ3) is 3.41. The summed E-state index contributed by atoms with van der Waals surface area (Å²) in [6.07, 6.45) is -3.65. The van der Waals surface area contributed by atoms with E-state index in [1.165, 1.54) is 0 Å². The molecule has 1 unspecified atom stereocenters. The molecule has 0 aliphatic carbocycles. The summed E-state index contributed by atoms with van der Waals surface area (Å²) in [6.45, 7) is 3.02. The molecule has 0 radical (unpaired) electrons. The van der Waals surface area contributed by atoms with Crippen molar-refractivity contribution in [3.63, 3.8) is 0 Å². The fourth-order valence-corrected chi connectivity index (χ4v) is 2.60. The van der Waals surface area contributed by atoms with E-state index >= 15 is 0 Å². The highest BCUT2D eigenvalue weighted by molar-refractivity contribution is 5.40. The molecule has 1 aromatic rings. The number of nitrogens with two attached hydrogens (primary N) is 1. The normalized spacial score (nSPS) is 20.4. The van der Waals surface area contributed by atoms with Crippen molar-refractivity contribution in [2.45, 2.75) is 32.0 Å². The molecule has 2 N–H and O–H groups in total. The molecule has 1 fully saturated rings. The molecule has 1 atom stereocenters. The van der Waals surface area contributed by atoms with Crippen LogP contribution in [-0.2, 0) is 0 Å². The predicted molar refractivity (Wildman–Crippen MR) is 69.6 cm³/mol. The van der Waals surface area contributed by atoms with Gasteiger partial charge in [-0.05, 0) is 50.6 Å². The molecular formula is C14H19F3N2. The van der Waals surface area contributed by atoms with Gasteiger partial charge in [0, 0.05) is 11.7 Å². The second kappa shape index (κ2) is 5.41. The first-order valence-electron chi connectivity index (χ1n) is 6.54. The van der Waals surface area contributed by atoms with E-state index < -0.39 is 12.1 Å². The van der Waals surface area contributed by atoms with Crippen LogP contribution in [0.2, 0.25) is 0 Å². The second-order valence-corrected chi connectivity index (χ2v) is 5.19. The first-order chi connectivity index (χ1) is 8.88. The summed E-state index contributed by atoms with van der Waals surface area (Å²) in [7, 11) is 0. The summed E-state index contributed by atoms with van der Waals surface area (Å²) in [5.74, 6) is -1.14. The molecule has 0 aromatic heterocycles. The first kappa shape index (κ1) is 14.2. The number of hydrogen-bond acceptors (Lipinski definition) is 2. The highest BCUT2D eigenvalue weighted by Gasteiger charge is 2.41. The van der Waals surface area contributed by atoms with Crippen LogP contribution in [0.5, 0.6) is 0 Å². The van der Waals surface area contributed by atoms with E-state index in [4.69, 9.17) is 5.73 Å². The zero-order chi connectivity index (χ0) is 14.0. The molecular weight excluding hydrogens is 253 g/mol. The SMILES string of the molecule is CC(c1ccc(N)cc1)N1CCC(C(F)(F)F)CC1. The van der Waals surface area contributed by atoms with E-state index in [1.54, 1.807) is 0 Å². The van der Waals surface area contributed by atoms with E-state index in [-0.39, 0.29) is 18.9 Å². The maximum atomic E-state index is 12.6. The van der Waals surface area contributed by atoms with Gasteiger partial charge in [0.2, 0.25) is 0 Å². The topological polar surface area (TPSA) is 29.3 Å². The lowest BCUT2D eigenvalue weighted by Crippen LogP contribution is -2.40. The molecule has 1 aromatic carbocycles. The number of benzene rings is 1. The van der Waals surface area contributed by atoms with Gasteiger partial charge in [0.05, 0.1) is 5.92 Å². The quantitative estimate of drug-likeness (QED) is 0.833. The third-order valence-electron chi connectivity index (χ3n) is 3.96. The Morgan fingerprint density at radius 1 is 1.16 bits per heavy atom. The lowest BCUT2D eigenvalue weighted by atomic mass is 9.94. The molecule has 5 heteroatoms. The lowest BCUT2D eigenvalue weighted by molar-refractivity contribution is -0.186. The number of halogens is 3. The van der Waals surface area contributed by atoms with Crippen LogP contribution in [0, 0.1) is 5.92 Å². The molecule has 2 rings (SSSR count). The fraction of sp³-hybridized carbons (Fsp3) is 0.571. The van der Waals surface area contributed by atoms with E-state index in [2.05, 4.69) is 4.90 Å². The fourth-order valence-electron chi connectivity index (χ4n) is 2.60. The van der Waals surface area contributed by atoms with Crippen LogP contribution in [0.4, 0.5) is 18.9 Å². The summed E-state index contributed by atoms with van der Waals surface area (Å²) in [5, 5.41) is 0. The molecule has 1 aliphatic rings. The van der Waals surface area contributed by atoms with Gasteiger partial charge in [-0.2, -0.15) is 13.2 Å². The van der Waals surface area contributed by atoms with Gasteiger partial charge in [-0.1, -0.05) is 12.1 Å². The van der Waals surface area contributed by atoms with Gasteiger partial charge >= 0.3 is 6.18 Å². The van der Waals surface area contributed by atoms with Gasteiger partial charge in [0.25, 0.3) is 0 Å². The van der Waals surface area contributed by atoms with Crippen LogP contribution in [0.25, 0.3) is 0 Å². The van der Waals surface area contributed by atoms with Crippen molar-refractivity contribution in [1.82, 2.24) is 4.90 Å². The highest BCUT2D eigenvalue weighted by Crippen LogP contribution is 2.36. The van der Waals surface area contributed by atoms with Crippen LogP contribution in [0.3, 0.4) is 0 Å². The minimum atomic E-state index is -4.05. The maximum absolute atomic E-state index is 12.6. The Bertz CT molecular complexity index is 406. The van der Waals surface area contributed by atoms with Gasteiger partial charge < -0.3 is 5.73 Å². The minimum Gasteiger partial charge on any atom is -0.399 e. The highest BCUT2D eigenvalue weighted by atomic mass is 19.4. The van der Waals surface area contributed by atoms with Crippen molar-refractivity contribution in [3.05, 3.63) is 29.8 Å². The predicted octanol–water partition coefficient (Wildman–Crippen LogP) is 3.60. The number of piperidine rings is 1. The van der Waals surface area contributed by atoms with Gasteiger partial charge in [0.15, 0.2) is 0 Å². The lowest BCUT2D eigenvalue weighted by Gasteiger charge is -2.36. The van der Waals surface area contributed by atoms with E-state index in [1.807, 2.05) is 31.2 Å². The van der Waals surface area contributed by atoms with Gasteiger partial charge in [-0.25, -0.2) is 0 Å². The van der Waals surface area contributed by atoms with Crippen LogP contribution >= 0.6 is 0 Å². The van der Waals surface area contributed by atoms with Gasteiger partial charge in [-0.15, -0.1) is 0 Å². The van der Waals surface area contributed by atoms with Crippen molar-refractivity contribution in [2.24, 2.45) is 5.92 Å². The van der Waals surface area contributed by atoms with E-state index in [9.17, 15) is 13.2 Å². The Labute approximate surface area is 111 Å².